The van der Waals surface area contributed by atoms with E-state index in [0.29, 0.717) is 6.54 Å². The first kappa shape index (κ1) is 19.4. The number of rotatable bonds is 7. The molecule has 0 aliphatic rings. The van der Waals surface area contributed by atoms with E-state index in [9.17, 15) is 4.79 Å². The zero-order valence-corrected chi connectivity index (χ0v) is 17.2. The first-order valence-corrected chi connectivity index (χ1v) is 10.3. The molecule has 1 amide bonds. The summed E-state index contributed by atoms with van der Waals surface area (Å²) in [5.74, 6) is 0.0762. The number of nitrogens with zero attached hydrogens (tertiary/aromatic N) is 3. The van der Waals surface area contributed by atoms with E-state index in [4.69, 9.17) is 0 Å². The SMILES string of the molecule is Cc1cccc(Nc2nnc(S[C@@H](C)C(=O)N(C)Cc3ccccc3)s2)c1. The molecule has 0 fully saturated rings. The van der Waals surface area contributed by atoms with Crippen LogP contribution in [0.2, 0.25) is 0 Å². The third kappa shape index (κ3) is 5.55. The number of hydrogen-bond acceptors (Lipinski definition) is 6. The van der Waals surface area contributed by atoms with Crippen molar-refractivity contribution in [3.8, 4) is 0 Å². The molecule has 0 radical (unpaired) electrons. The molecule has 27 heavy (non-hydrogen) atoms. The van der Waals surface area contributed by atoms with E-state index in [0.717, 1.165) is 20.7 Å². The number of benzene rings is 2. The van der Waals surface area contributed by atoms with Gasteiger partial charge < -0.3 is 10.2 Å². The maximum atomic E-state index is 12.6. The third-order valence-electron chi connectivity index (χ3n) is 3.94. The number of thioether (sulfide) groups is 1. The van der Waals surface area contributed by atoms with E-state index in [1.807, 2.05) is 69.4 Å². The molecule has 1 aromatic heterocycles. The molecule has 140 valence electrons. The van der Waals surface area contributed by atoms with Crippen LogP contribution < -0.4 is 5.32 Å². The number of carbonyl (C=O) groups is 1. The maximum Gasteiger partial charge on any atom is 0.235 e. The Labute approximate surface area is 167 Å². The normalized spacial score (nSPS) is 11.8. The molecule has 7 heteroatoms. The van der Waals surface area contributed by atoms with E-state index in [1.54, 1.807) is 4.90 Å². The molecular weight excluding hydrogens is 376 g/mol. The quantitative estimate of drug-likeness (QED) is 0.583. The minimum Gasteiger partial charge on any atom is -0.340 e. The van der Waals surface area contributed by atoms with Gasteiger partial charge in [-0.2, -0.15) is 0 Å². The Morgan fingerprint density at radius 1 is 1.19 bits per heavy atom. The Kier molecular flexibility index (Phi) is 6.47. The molecule has 0 saturated heterocycles. The number of hydrogen-bond donors (Lipinski definition) is 1. The number of anilines is 2. The monoisotopic (exact) mass is 398 g/mol. The summed E-state index contributed by atoms with van der Waals surface area (Å²) in [6.07, 6.45) is 0. The molecule has 0 spiro atoms. The van der Waals surface area contributed by atoms with Crippen molar-refractivity contribution >= 4 is 39.8 Å². The fraction of sp³-hybridized carbons (Fsp3) is 0.250. The van der Waals surface area contributed by atoms with Gasteiger partial charge in [0.25, 0.3) is 0 Å². The Balaban J connectivity index is 1.56. The molecular formula is C20H22N4OS2. The van der Waals surface area contributed by atoms with Gasteiger partial charge in [0, 0.05) is 19.3 Å². The highest BCUT2D eigenvalue weighted by atomic mass is 32.2. The lowest BCUT2D eigenvalue weighted by molar-refractivity contribution is -0.129. The van der Waals surface area contributed by atoms with E-state index < -0.39 is 0 Å². The van der Waals surface area contributed by atoms with Crippen LogP contribution in [0.4, 0.5) is 10.8 Å². The largest absolute Gasteiger partial charge is 0.340 e. The summed E-state index contributed by atoms with van der Waals surface area (Å²) in [7, 11) is 1.83. The van der Waals surface area contributed by atoms with Crippen molar-refractivity contribution in [1.29, 1.82) is 0 Å². The van der Waals surface area contributed by atoms with Crippen LogP contribution in [0.15, 0.2) is 58.9 Å². The average Bonchev–Trinajstić information content (AvgIpc) is 3.08. The van der Waals surface area contributed by atoms with Gasteiger partial charge in [0.15, 0.2) is 4.34 Å². The van der Waals surface area contributed by atoms with Crippen molar-refractivity contribution in [2.24, 2.45) is 0 Å². The summed E-state index contributed by atoms with van der Waals surface area (Å²) >= 11 is 2.89. The molecule has 3 aromatic rings. The van der Waals surface area contributed by atoms with Crippen LogP contribution in [0.3, 0.4) is 0 Å². The van der Waals surface area contributed by atoms with Crippen LogP contribution >= 0.6 is 23.1 Å². The maximum absolute atomic E-state index is 12.6. The molecule has 0 bridgehead atoms. The lowest BCUT2D eigenvalue weighted by Gasteiger charge is -2.20. The van der Waals surface area contributed by atoms with Gasteiger partial charge in [-0.3, -0.25) is 4.79 Å². The molecule has 0 unspecified atom stereocenters. The summed E-state index contributed by atoms with van der Waals surface area (Å²) in [5.41, 5.74) is 3.28. The number of nitrogens with one attached hydrogen (secondary N) is 1. The average molecular weight is 399 g/mol. The van der Waals surface area contributed by atoms with E-state index in [1.165, 1.54) is 28.7 Å². The molecule has 0 saturated carbocycles. The number of carbonyl (C=O) groups excluding carboxylic acids is 1. The second-order valence-electron chi connectivity index (χ2n) is 6.31. The van der Waals surface area contributed by atoms with Crippen molar-refractivity contribution in [3.63, 3.8) is 0 Å². The Hall–Kier alpha value is -2.38. The van der Waals surface area contributed by atoms with E-state index in [-0.39, 0.29) is 11.2 Å². The highest BCUT2D eigenvalue weighted by molar-refractivity contribution is 8.02. The smallest absolute Gasteiger partial charge is 0.235 e. The molecule has 2 aromatic carbocycles. The van der Waals surface area contributed by atoms with Crippen LogP contribution in [0.25, 0.3) is 0 Å². The van der Waals surface area contributed by atoms with Gasteiger partial charge in [0.05, 0.1) is 5.25 Å². The van der Waals surface area contributed by atoms with Crippen LogP contribution in [-0.4, -0.2) is 33.3 Å². The van der Waals surface area contributed by atoms with E-state index >= 15 is 0 Å². The lowest BCUT2D eigenvalue weighted by Crippen LogP contribution is -2.32. The van der Waals surface area contributed by atoms with Crippen LogP contribution in [0.1, 0.15) is 18.1 Å². The summed E-state index contributed by atoms with van der Waals surface area (Å²) in [4.78, 5) is 14.4. The zero-order valence-electron chi connectivity index (χ0n) is 15.5. The minimum absolute atomic E-state index is 0.0762. The minimum atomic E-state index is -0.224. The predicted molar refractivity (Wildman–Crippen MR) is 113 cm³/mol. The summed E-state index contributed by atoms with van der Waals surface area (Å²) in [5, 5.41) is 12.1. The van der Waals surface area contributed by atoms with Crippen molar-refractivity contribution in [2.75, 3.05) is 12.4 Å². The highest BCUT2D eigenvalue weighted by Gasteiger charge is 2.20. The molecule has 3 rings (SSSR count). The molecule has 1 N–H and O–H groups in total. The summed E-state index contributed by atoms with van der Waals surface area (Å²) in [6.45, 7) is 4.55. The van der Waals surface area contributed by atoms with Crippen LogP contribution in [-0.2, 0) is 11.3 Å². The Morgan fingerprint density at radius 2 is 1.96 bits per heavy atom. The van der Waals surface area contributed by atoms with Crippen molar-refractivity contribution in [2.45, 2.75) is 30.0 Å². The molecule has 5 nitrogen and oxygen atoms in total. The second-order valence-corrected chi connectivity index (χ2v) is 8.87. The van der Waals surface area contributed by atoms with Crippen molar-refractivity contribution < 1.29 is 4.79 Å². The van der Waals surface area contributed by atoms with Crippen LogP contribution in [0.5, 0.6) is 0 Å². The van der Waals surface area contributed by atoms with Crippen LogP contribution in [0, 0.1) is 6.92 Å². The van der Waals surface area contributed by atoms with Gasteiger partial charge in [0.1, 0.15) is 0 Å². The van der Waals surface area contributed by atoms with Gasteiger partial charge in [-0.15, -0.1) is 10.2 Å². The Bertz CT molecular complexity index is 898. The first-order valence-electron chi connectivity index (χ1n) is 8.64. The second kappa shape index (κ2) is 9.01. The Morgan fingerprint density at radius 3 is 2.70 bits per heavy atom. The fourth-order valence-corrected chi connectivity index (χ4v) is 4.63. The fourth-order valence-electron chi connectivity index (χ4n) is 2.60. The molecule has 0 aliphatic carbocycles. The standard InChI is InChI=1S/C20H22N4OS2/c1-14-8-7-11-17(12-14)21-19-22-23-20(27-19)26-15(2)18(25)24(3)13-16-9-5-4-6-10-16/h4-12,15H,13H2,1-3H3,(H,21,22)/t15-/m0/s1. The molecule has 1 heterocycles. The van der Waals surface area contributed by atoms with Gasteiger partial charge in [0.2, 0.25) is 11.0 Å². The van der Waals surface area contributed by atoms with Gasteiger partial charge in [-0.1, -0.05) is 65.6 Å². The molecule has 1 atom stereocenters. The highest BCUT2D eigenvalue weighted by Crippen LogP contribution is 2.31. The van der Waals surface area contributed by atoms with Gasteiger partial charge >= 0.3 is 0 Å². The van der Waals surface area contributed by atoms with Gasteiger partial charge in [-0.25, -0.2) is 0 Å². The number of amides is 1. The van der Waals surface area contributed by atoms with Crippen molar-refractivity contribution in [3.05, 3.63) is 65.7 Å². The first-order chi connectivity index (χ1) is 13.0. The topological polar surface area (TPSA) is 58.1 Å². The predicted octanol–water partition coefficient (Wildman–Crippen LogP) is 4.73. The van der Waals surface area contributed by atoms with Gasteiger partial charge in [-0.05, 0) is 37.1 Å². The molecule has 0 aliphatic heterocycles. The summed E-state index contributed by atoms with van der Waals surface area (Å²) < 4.78 is 0.777. The number of aryl methyl sites for hydroxylation is 1. The van der Waals surface area contributed by atoms with E-state index in [2.05, 4.69) is 21.6 Å². The lowest BCUT2D eigenvalue weighted by atomic mass is 10.2. The summed E-state index contributed by atoms with van der Waals surface area (Å²) in [6, 6.07) is 18.1. The zero-order chi connectivity index (χ0) is 19.2. The third-order valence-corrected chi connectivity index (χ3v) is 5.95. The number of aromatic nitrogens is 2. The van der Waals surface area contributed by atoms with Crippen molar-refractivity contribution in [1.82, 2.24) is 15.1 Å².